The molecule has 0 aliphatic carbocycles. The maximum atomic E-state index is 5.06. The molecule has 0 bridgehead atoms. The highest BCUT2D eigenvalue weighted by Crippen LogP contribution is 2.09. The third-order valence-corrected chi connectivity index (χ3v) is 2.68. The summed E-state index contributed by atoms with van der Waals surface area (Å²) in [6, 6.07) is 3.92. The van der Waals surface area contributed by atoms with Crippen LogP contribution in [0.3, 0.4) is 0 Å². The fourth-order valence-corrected chi connectivity index (χ4v) is 1.56. The first-order valence-electron chi connectivity index (χ1n) is 6.66. The summed E-state index contributed by atoms with van der Waals surface area (Å²) in [4.78, 5) is 0. The maximum Gasteiger partial charge on any atom is 0.100 e. The van der Waals surface area contributed by atoms with E-state index in [0.29, 0.717) is 0 Å². The van der Waals surface area contributed by atoms with Gasteiger partial charge in [0.05, 0.1) is 18.8 Å². The average molecular weight is 264 g/mol. The lowest BCUT2D eigenvalue weighted by molar-refractivity contribution is 0.188. The van der Waals surface area contributed by atoms with Crippen LogP contribution in [0.15, 0.2) is 39.8 Å². The molecule has 2 aromatic heterocycles. The van der Waals surface area contributed by atoms with Crippen LogP contribution in [0.25, 0.3) is 0 Å². The van der Waals surface area contributed by atoms with Gasteiger partial charge in [-0.1, -0.05) is 6.92 Å². The minimum absolute atomic E-state index is 0.824. The van der Waals surface area contributed by atoms with Gasteiger partial charge in [0, 0.05) is 13.2 Å². The fourth-order valence-electron chi connectivity index (χ4n) is 1.56. The minimum Gasteiger partial charge on any atom is -0.472 e. The van der Waals surface area contributed by atoms with Gasteiger partial charge >= 0.3 is 0 Å². The summed E-state index contributed by atoms with van der Waals surface area (Å²) in [6.45, 7) is 10.1. The molecule has 0 aromatic carbocycles. The molecule has 0 N–H and O–H groups in total. The molecule has 0 amide bonds. The van der Waals surface area contributed by atoms with E-state index < -0.39 is 0 Å². The first-order valence-corrected chi connectivity index (χ1v) is 6.66. The van der Waals surface area contributed by atoms with Gasteiger partial charge in [0.2, 0.25) is 0 Å². The van der Waals surface area contributed by atoms with Crippen molar-refractivity contribution in [3.8, 4) is 0 Å². The molecule has 1 fully saturated rings. The molecular weight excluding hydrogens is 240 g/mol. The van der Waals surface area contributed by atoms with Gasteiger partial charge in [-0.15, -0.1) is 0 Å². The number of aryl methyl sites for hydroxylation is 3. The zero-order chi connectivity index (χ0) is 14.1. The fraction of sp³-hybridized carbons (Fsp3) is 0.500. The Bertz CT molecular complexity index is 406. The Kier molecular flexibility index (Phi) is 7.04. The van der Waals surface area contributed by atoms with Gasteiger partial charge in [0.25, 0.3) is 0 Å². The van der Waals surface area contributed by atoms with Crippen molar-refractivity contribution in [2.24, 2.45) is 5.92 Å². The first-order chi connectivity index (χ1) is 9.08. The van der Waals surface area contributed by atoms with Crippen LogP contribution in [0.4, 0.5) is 0 Å². The Morgan fingerprint density at radius 3 is 2.05 bits per heavy atom. The van der Waals surface area contributed by atoms with Gasteiger partial charge in [0.1, 0.15) is 5.76 Å². The molecule has 1 aliphatic heterocycles. The van der Waals surface area contributed by atoms with E-state index in [1.165, 1.54) is 17.5 Å². The van der Waals surface area contributed by atoms with Crippen LogP contribution < -0.4 is 0 Å². The van der Waals surface area contributed by atoms with Crippen LogP contribution in [0.2, 0.25) is 0 Å². The van der Waals surface area contributed by atoms with Crippen molar-refractivity contribution < 1.29 is 13.6 Å². The summed E-state index contributed by atoms with van der Waals surface area (Å²) in [7, 11) is 0. The number of ether oxygens (including phenoxy) is 1. The molecule has 2 aromatic rings. The second-order valence-corrected chi connectivity index (χ2v) is 5.00. The average Bonchev–Trinajstić information content (AvgIpc) is 3.07. The molecule has 1 aliphatic rings. The van der Waals surface area contributed by atoms with Crippen LogP contribution in [0.1, 0.15) is 30.2 Å². The summed E-state index contributed by atoms with van der Waals surface area (Å²) in [5, 5.41) is 0. The van der Waals surface area contributed by atoms with Crippen LogP contribution in [-0.4, -0.2) is 13.2 Å². The SMILES string of the molecule is CC1CCOC1.Cc1ccoc1.Cc1coc(C)c1. The second-order valence-electron chi connectivity index (χ2n) is 5.00. The van der Waals surface area contributed by atoms with Gasteiger partial charge in [-0.3, -0.25) is 0 Å². The normalized spacial score (nSPS) is 17.2. The van der Waals surface area contributed by atoms with Crippen molar-refractivity contribution in [1.29, 1.82) is 0 Å². The van der Waals surface area contributed by atoms with Crippen LogP contribution in [0.5, 0.6) is 0 Å². The van der Waals surface area contributed by atoms with Gasteiger partial charge in [-0.2, -0.15) is 0 Å². The molecule has 0 spiro atoms. The highest BCUT2D eigenvalue weighted by Gasteiger charge is 2.07. The number of hydrogen-bond donors (Lipinski definition) is 0. The number of furan rings is 2. The monoisotopic (exact) mass is 264 g/mol. The highest BCUT2D eigenvalue weighted by molar-refractivity contribution is 5.08. The summed E-state index contributed by atoms with van der Waals surface area (Å²) >= 11 is 0. The third kappa shape index (κ3) is 7.52. The van der Waals surface area contributed by atoms with E-state index in [2.05, 4.69) is 6.92 Å². The van der Waals surface area contributed by atoms with E-state index in [4.69, 9.17) is 13.6 Å². The van der Waals surface area contributed by atoms with Crippen molar-refractivity contribution in [2.75, 3.05) is 13.2 Å². The predicted octanol–water partition coefficient (Wildman–Crippen LogP) is 4.53. The zero-order valence-electron chi connectivity index (χ0n) is 12.3. The Morgan fingerprint density at radius 2 is 1.89 bits per heavy atom. The standard InChI is InChI=1S/C6H8O.C5H10O.C5H6O/c1-5-3-6(2)7-4-5;2*1-5-2-3-6-4-5/h3-4H,1-2H3;5H,2-4H2,1H3;2-4H,1H3. The van der Waals surface area contributed by atoms with E-state index in [1.54, 1.807) is 18.8 Å². The second kappa shape index (κ2) is 8.59. The molecule has 0 saturated carbocycles. The molecule has 1 saturated heterocycles. The molecule has 1 atom stereocenters. The minimum atomic E-state index is 0.824. The van der Waals surface area contributed by atoms with Crippen molar-refractivity contribution in [1.82, 2.24) is 0 Å². The summed E-state index contributed by atoms with van der Waals surface area (Å²) < 4.78 is 14.7. The van der Waals surface area contributed by atoms with Gasteiger partial charge in [0.15, 0.2) is 0 Å². The predicted molar refractivity (Wildman–Crippen MR) is 76.2 cm³/mol. The Hall–Kier alpha value is -1.48. The molecule has 1 unspecified atom stereocenters. The van der Waals surface area contributed by atoms with Crippen molar-refractivity contribution in [3.05, 3.63) is 47.8 Å². The molecule has 3 heterocycles. The Labute approximate surface area is 115 Å². The molecular formula is C16H24O3. The highest BCUT2D eigenvalue weighted by atomic mass is 16.5. The Morgan fingerprint density at radius 1 is 1.11 bits per heavy atom. The van der Waals surface area contributed by atoms with Crippen molar-refractivity contribution in [2.45, 2.75) is 34.1 Å². The number of hydrogen-bond acceptors (Lipinski definition) is 3. The molecule has 0 radical (unpaired) electrons. The Balaban J connectivity index is 0.000000143. The largest absolute Gasteiger partial charge is 0.472 e. The topological polar surface area (TPSA) is 35.5 Å². The molecule has 3 heteroatoms. The van der Waals surface area contributed by atoms with E-state index in [-0.39, 0.29) is 0 Å². The lowest BCUT2D eigenvalue weighted by atomic mass is 10.2. The van der Waals surface area contributed by atoms with Gasteiger partial charge in [-0.05, 0) is 56.4 Å². The van der Waals surface area contributed by atoms with Crippen molar-refractivity contribution >= 4 is 0 Å². The quantitative estimate of drug-likeness (QED) is 0.701. The van der Waals surface area contributed by atoms with E-state index in [1.807, 2.05) is 32.9 Å². The lowest BCUT2D eigenvalue weighted by Gasteiger charge is -1.89. The van der Waals surface area contributed by atoms with Crippen LogP contribution in [0, 0.1) is 26.7 Å². The molecule has 19 heavy (non-hydrogen) atoms. The van der Waals surface area contributed by atoms with Crippen LogP contribution in [-0.2, 0) is 4.74 Å². The first kappa shape index (κ1) is 15.6. The van der Waals surface area contributed by atoms with E-state index in [0.717, 1.165) is 24.9 Å². The third-order valence-electron chi connectivity index (χ3n) is 2.68. The van der Waals surface area contributed by atoms with E-state index >= 15 is 0 Å². The summed E-state index contributed by atoms with van der Waals surface area (Å²) in [5.41, 5.74) is 2.37. The lowest BCUT2D eigenvalue weighted by Crippen LogP contribution is -1.88. The smallest absolute Gasteiger partial charge is 0.100 e. The summed E-state index contributed by atoms with van der Waals surface area (Å²) in [6.07, 6.45) is 6.38. The van der Waals surface area contributed by atoms with E-state index in [9.17, 15) is 0 Å². The maximum absolute atomic E-state index is 5.06. The molecule has 3 nitrogen and oxygen atoms in total. The number of rotatable bonds is 0. The molecule has 3 rings (SSSR count). The zero-order valence-corrected chi connectivity index (χ0v) is 12.3. The summed E-state index contributed by atoms with van der Waals surface area (Å²) in [5.74, 6) is 1.81. The van der Waals surface area contributed by atoms with Gasteiger partial charge < -0.3 is 13.6 Å². The van der Waals surface area contributed by atoms with Gasteiger partial charge in [-0.25, -0.2) is 0 Å². The van der Waals surface area contributed by atoms with Crippen LogP contribution >= 0.6 is 0 Å². The van der Waals surface area contributed by atoms with Crippen molar-refractivity contribution in [3.63, 3.8) is 0 Å². The molecule has 106 valence electrons.